The van der Waals surface area contributed by atoms with Gasteiger partial charge in [-0.2, -0.15) is 0 Å². The van der Waals surface area contributed by atoms with Crippen molar-refractivity contribution in [2.45, 2.75) is 71.8 Å². The molecule has 0 saturated heterocycles. The Morgan fingerprint density at radius 1 is 0.903 bits per heavy atom. The number of carbonyl (C=O) groups is 2. The van der Waals surface area contributed by atoms with E-state index >= 15 is 0 Å². The van der Waals surface area contributed by atoms with Crippen LogP contribution in [0.5, 0.6) is 0 Å². The van der Waals surface area contributed by atoms with Crippen LogP contribution in [0.15, 0.2) is 48.5 Å². The minimum absolute atomic E-state index is 0.00355. The highest BCUT2D eigenvalue weighted by molar-refractivity contribution is 7.99. The molecular formula is C26H36N2O2S. The highest BCUT2D eigenvalue weighted by Crippen LogP contribution is 2.18. The molecule has 2 rings (SSSR count). The molecule has 0 fully saturated rings. The maximum atomic E-state index is 13.2. The van der Waals surface area contributed by atoms with Gasteiger partial charge in [-0.25, -0.2) is 0 Å². The number of aryl methyl sites for hydroxylation is 2. The molecule has 0 radical (unpaired) electrons. The molecule has 0 unspecified atom stereocenters. The first-order valence-corrected chi connectivity index (χ1v) is 12.3. The van der Waals surface area contributed by atoms with Crippen LogP contribution in [0.4, 0.5) is 0 Å². The summed E-state index contributed by atoms with van der Waals surface area (Å²) in [6, 6.07) is 16.2. The number of nitrogens with one attached hydrogen (secondary N) is 1. The third kappa shape index (κ3) is 8.06. The molecule has 2 atom stereocenters. The van der Waals surface area contributed by atoms with E-state index in [9.17, 15) is 9.59 Å². The minimum Gasteiger partial charge on any atom is -0.352 e. The average molecular weight is 441 g/mol. The number of rotatable bonds is 11. The van der Waals surface area contributed by atoms with Crippen LogP contribution in [-0.2, 0) is 21.9 Å². The van der Waals surface area contributed by atoms with Crippen LogP contribution < -0.4 is 5.32 Å². The largest absolute Gasteiger partial charge is 0.352 e. The Morgan fingerprint density at radius 2 is 1.45 bits per heavy atom. The molecule has 2 amide bonds. The number of hydrogen-bond acceptors (Lipinski definition) is 3. The lowest BCUT2D eigenvalue weighted by molar-refractivity contribution is -0.139. The topological polar surface area (TPSA) is 49.4 Å². The molecule has 0 aliphatic rings. The second kappa shape index (κ2) is 12.6. The predicted molar refractivity (Wildman–Crippen MR) is 131 cm³/mol. The van der Waals surface area contributed by atoms with Gasteiger partial charge in [0.15, 0.2) is 0 Å². The fraction of sp³-hybridized carbons (Fsp3) is 0.462. The Hall–Kier alpha value is -2.27. The fourth-order valence-corrected chi connectivity index (χ4v) is 4.14. The van der Waals surface area contributed by atoms with Crippen molar-refractivity contribution in [3.05, 3.63) is 70.8 Å². The smallest absolute Gasteiger partial charge is 0.243 e. The van der Waals surface area contributed by atoms with Crippen molar-refractivity contribution >= 4 is 23.6 Å². The summed E-state index contributed by atoms with van der Waals surface area (Å²) < 4.78 is 0. The van der Waals surface area contributed by atoms with E-state index in [1.54, 1.807) is 16.7 Å². The first-order valence-electron chi connectivity index (χ1n) is 11.1. The zero-order chi connectivity index (χ0) is 22.8. The summed E-state index contributed by atoms with van der Waals surface area (Å²) in [6.45, 7) is 10.6. The van der Waals surface area contributed by atoms with Gasteiger partial charge in [0.25, 0.3) is 0 Å². The Balaban J connectivity index is 2.12. The first-order chi connectivity index (χ1) is 14.8. The summed E-state index contributed by atoms with van der Waals surface area (Å²) in [7, 11) is 0. The summed E-state index contributed by atoms with van der Waals surface area (Å²) >= 11 is 1.60. The minimum atomic E-state index is -0.470. The van der Waals surface area contributed by atoms with Gasteiger partial charge in [0.1, 0.15) is 6.04 Å². The van der Waals surface area contributed by atoms with Crippen molar-refractivity contribution in [3.63, 3.8) is 0 Å². The zero-order valence-electron chi connectivity index (χ0n) is 19.5. The van der Waals surface area contributed by atoms with E-state index in [0.29, 0.717) is 18.7 Å². The number of nitrogens with zero attached hydrogens (tertiary/aromatic N) is 1. The second-order valence-electron chi connectivity index (χ2n) is 8.23. The number of carbonyl (C=O) groups excluding carboxylic acids is 2. The summed E-state index contributed by atoms with van der Waals surface area (Å²) in [5, 5.41) is 3.06. The van der Waals surface area contributed by atoms with Crippen molar-refractivity contribution in [1.29, 1.82) is 0 Å². The van der Waals surface area contributed by atoms with Crippen LogP contribution in [0.25, 0.3) is 0 Å². The Morgan fingerprint density at radius 3 is 1.97 bits per heavy atom. The van der Waals surface area contributed by atoms with Crippen LogP contribution in [0.1, 0.15) is 55.9 Å². The summed E-state index contributed by atoms with van der Waals surface area (Å²) in [6.07, 6.45) is 1.45. The molecule has 0 bridgehead atoms. The van der Waals surface area contributed by atoms with Crippen LogP contribution in [0.3, 0.4) is 0 Å². The van der Waals surface area contributed by atoms with Crippen molar-refractivity contribution in [1.82, 2.24) is 10.2 Å². The van der Waals surface area contributed by atoms with Crippen LogP contribution in [-0.4, -0.2) is 34.6 Å². The quantitative estimate of drug-likeness (QED) is 0.519. The Labute approximate surface area is 191 Å². The molecule has 0 aliphatic heterocycles. The lowest BCUT2D eigenvalue weighted by Crippen LogP contribution is -2.51. The molecule has 0 saturated carbocycles. The SMILES string of the molecule is CC[C@H](C)NC(=O)[C@H](CC)N(Cc1ccc(C)cc1)C(=O)CSCc1ccc(C)cc1. The summed E-state index contributed by atoms with van der Waals surface area (Å²) in [5.41, 5.74) is 4.65. The molecule has 4 nitrogen and oxygen atoms in total. The van der Waals surface area contributed by atoms with Crippen molar-refractivity contribution in [3.8, 4) is 0 Å². The number of hydrogen-bond donors (Lipinski definition) is 1. The van der Waals surface area contributed by atoms with Gasteiger partial charge in [-0.15, -0.1) is 11.8 Å². The highest BCUT2D eigenvalue weighted by atomic mass is 32.2. The molecule has 1 N–H and O–H groups in total. The van der Waals surface area contributed by atoms with Gasteiger partial charge in [-0.1, -0.05) is 73.5 Å². The lowest BCUT2D eigenvalue weighted by Gasteiger charge is -2.31. The van der Waals surface area contributed by atoms with Gasteiger partial charge < -0.3 is 10.2 Å². The van der Waals surface area contributed by atoms with Gasteiger partial charge in [0, 0.05) is 18.3 Å². The molecule has 0 aliphatic carbocycles. The van der Waals surface area contributed by atoms with E-state index in [1.807, 2.05) is 52.0 Å². The van der Waals surface area contributed by atoms with Gasteiger partial charge in [0.2, 0.25) is 11.8 Å². The highest BCUT2D eigenvalue weighted by Gasteiger charge is 2.29. The van der Waals surface area contributed by atoms with E-state index in [-0.39, 0.29) is 17.9 Å². The zero-order valence-corrected chi connectivity index (χ0v) is 20.3. The molecule has 0 aromatic heterocycles. The number of thioether (sulfide) groups is 1. The van der Waals surface area contributed by atoms with Crippen molar-refractivity contribution in [2.75, 3.05) is 5.75 Å². The molecule has 31 heavy (non-hydrogen) atoms. The van der Waals surface area contributed by atoms with Gasteiger partial charge >= 0.3 is 0 Å². The van der Waals surface area contributed by atoms with Gasteiger partial charge in [-0.05, 0) is 44.7 Å². The second-order valence-corrected chi connectivity index (χ2v) is 9.21. The van der Waals surface area contributed by atoms with Crippen LogP contribution in [0, 0.1) is 13.8 Å². The number of amides is 2. The molecule has 5 heteroatoms. The van der Waals surface area contributed by atoms with E-state index in [4.69, 9.17) is 0 Å². The average Bonchev–Trinajstić information content (AvgIpc) is 2.76. The fourth-order valence-electron chi connectivity index (χ4n) is 3.27. The first kappa shape index (κ1) is 25.0. The maximum Gasteiger partial charge on any atom is 0.243 e. The molecule has 0 spiro atoms. The molecule has 2 aromatic carbocycles. The van der Waals surface area contributed by atoms with Crippen molar-refractivity contribution < 1.29 is 9.59 Å². The van der Waals surface area contributed by atoms with Gasteiger partial charge in [-0.3, -0.25) is 9.59 Å². The van der Waals surface area contributed by atoms with E-state index in [2.05, 4.69) is 36.5 Å². The third-order valence-electron chi connectivity index (χ3n) is 5.48. The maximum absolute atomic E-state index is 13.2. The van der Waals surface area contributed by atoms with Gasteiger partial charge in [0.05, 0.1) is 5.75 Å². The van der Waals surface area contributed by atoms with Crippen LogP contribution in [0.2, 0.25) is 0 Å². The Bertz CT molecular complexity index is 833. The Kier molecular flexibility index (Phi) is 10.1. The van der Waals surface area contributed by atoms with E-state index < -0.39 is 6.04 Å². The molecular weight excluding hydrogens is 404 g/mol. The van der Waals surface area contributed by atoms with E-state index in [0.717, 1.165) is 17.7 Å². The molecule has 2 aromatic rings. The third-order valence-corrected chi connectivity index (χ3v) is 6.46. The lowest BCUT2D eigenvalue weighted by atomic mass is 10.1. The monoisotopic (exact) mass is 440 g/mol. The number of benzene rings is 2. The van der Waals surface area contributed by atoms with Crippen molar-refractivity contribution in [2.24, 2.45) is 0 Å². The predicted octanol–water partition coefficient (Wildman–Crippen LogP) is 5.26. The summed E-state index contributed by atoms with van der Waals surface area (Å²) in [4.78, 5) is 27.9. The molecule has 0 heterocycles. The normalized spacial score (nSPS) is 12.8. The van der Waals surface area contributed by atoms with E-state index in [1.165, 1.54) is 16.7 Å². The molecule has 168 valence electrons. The van der Waals surface area contributed by atoms with Crippen LogP contribution >= 0.6 is 11.8 Å². The standard InChI is InChI=1S/C26H36N2O2S/c1-6-21(5)27-26(30)24(7-2)28(16-22-12-8-19(3)9-13-22)25(29)18-31-17-23-14-10-20(4)11-15-23/h8-15,21,24H,6-7,16-18H2,1-5H3,(H,27,30)/t21-,24-/m0/s1. The summed E-state index contributed by atoms with van der Waals surface area (Å²) in [5.74, 6) is 1.07.